The van der Waals surface area contributed by atoms with Gasteiger partial charge in [0.25, 0.3) is 10.0 Å². The minimum absolute atomic E-state index is 0.0546. The summed E-state index contributed by atoms with van der Waals surface area (Å²) in [6.45, 7) is 1.80. The zero-order valence-corrected chi connectivity index (χ0v) is 13.8. The van der Waals surface area contributed by atoms with Gasteiger partial charge in [-0.25, -0.2) is 8.42 Å². The van der Waals surface area contributed by atoms with Crippen LogP contribution in [-0.2, 0) is 26.7 Å². The molecule has 126 valence electrons. The number of fused-ring (bicyclic) bond motifs is 1. The number of rotatable bonds is 3. The predicted molar refractivity (Wildman–Crippen MR) is 87.1 cm³/mol. The molecule has 0 fully saturated rings. The van der Waals surface area contributed by atoms with Crippen LogP contribution in [0.15, 0.2) is 29.2 Å². The molecule has 0 aliphatic carbocycles. The van der Waals surface area contributed by atoms with Gasteiger partial charge in [-0.1, -0.05) is 0 Å². The van der Waals surface area contributed by atoms with Gasteiger partial charge >= 0.3 is 0 Å². The lowest BCUT2D eigenvalue weighted by atomic mass is 10.2. The smallest absolute Gasteiger partial charge is 0.263 e. The number of hydrogen-bond acceptors (Lipinski definition) is 5. The van der Waals surface area contributed by atoms with Crippen molar-refractivity contribution in [2.24, 2.45) is 7.05 Å². The molecular weight excluding hydrogens is 334 g/mol. The number of amides is 2. The highest BCUT2D eigenvalue weighted by Crippen LogP contribution is 2.28. The summed E-state index contributed by atoms with van der Waals surface area (Å²) < 4.78 is 28.9. The first kappa shape index (κ1) is 16.0. The van der Waals surface area contributed by atoms with E-state index in [0.29, 0.717) is 5.69 Å². The number of hydrogen-bond donors (Lipinski definition) is 3. The van der Waals surface area contributed by atoms with Crippen LogP contribution in [0.25, 0.3) is 0 Å². The van der Waals surface area contributed by atoms with Crippen molar-refractivity contribution in [2.75, 3.05) is 15.4 Å². The summed E-state index contributed by atoms with van der Waals surface area (Å²) in [7, 11) is -2.18. The number of aromatic nitrogens is 2. The highest BCUT2D eigenvalue weighted by atomic mass is 32.2. The molecule has 1 aromatic carbocycles. The van der Waals surface area contributed by atoms with Crippen LogP contribution in [0.1, 0.15) is 12.1 Å². The van der Waals surface area contributed by atoms with Gasteiger partial charge in [0.15, 0.2) is 5.82 Å². The van der Waals surface area contributed by atoms with Crippen LogP contribution in [0, 0.1) is 6.92 Å². The second-order valence-electron chi connectivity index (χ2n) is 5.38. The largest absolute Gasteiger partial charge is 0.324 e. The molecule has 0 bridgehead atoms. The molecule has 0 unspecified atom stereocenters. The van der Waals surface area contributed by atoms with Crippen molar-refractivity contribution in [3.8, 4) is 0 Å². The van der Waals surface area contributed by atoms with Gasteiger partial charge in [-0.3, -0.25) is 19.0 Å². The third-order valence-corrected chi connectivity index (χ3v) is 4.88. The van der Waals surface area contributed by atoms with E-state index in [2.05, 4.69) is 20.5 Å². The van der Waals surface area contributed by atoms with Gasteiger partial charge in [0.2, 0.25) is 11.8 Å². The Morgan fingerprint density at radius 2 is 1.79 bits per heavy atom. The molecule has 0 radical (unpaired) electrons. The molecule has 0 atom stereocenters. The molecule has 2 amide bonds. The van der Waals surface area contributed by atoms with Crippen LogP contribution in [0.2, 0.25) is 0 Å². The Kier molecular flexibility index (Phi) is 3.76. The van der Waals surface area contributed by atoms with Gasteiger partial charge < -0.3 is 10.6 Å². The van der Waals surface area contributed by atoms with E-state index in [1.807, 2.05) is 0 Å². The molecule has 10 heteroatoms. The Morgan fingerprint density at radius 3 is 2.42 bits per heavy atom. The first-order valence-electron chi connectivity index (χ1n) is 7.02. The van der Waals surface area contributed by atoms with Crippen LogP contribution in [0.5, 0.6) is 0 Å². The monoisotopic (exact) mass is 349 g/mol. The Morgan fingerprint density at radius 1 is 1.12 bits per heavy atom. The molecule has 0 saturated carbocycles. The zero-order chi connectivity index (χ0) is 17.5. The van der Waals surface area contributed by atoms with Gasteiger partial charge in [-0.05, 0) is 25.1 Å². The van der Waals surface area contributed by atoms with Gasteiger partial charge in [-0.2, -0.15) is 5.10 Å². The van der Waals surface area contributed by atoms with Crippen molar-refractivity contribution < 1.29 is 18.0 Å². The van der Waals surface area contributed by atoms with E-state index in [1.54, 1.807) is 24.7 Å². The van der Waals surface area contributed by atoms with E-state index < -0.39 is 21.8 Å². The van der Waals surface area contributed by atoms with E-state index in [4.69, 9.17) is 0 Å². The Labute approximate surface area is 138 Å². The minimum atomic E-state index is -3.88. The third kappa shape index (κ3) is 3.08. The van der Waals surface area contributed by atoms with Crippen molar-refractivity contribution in [3.63, 3.8) is 0 Å². The molecule has 1 aliphatic heterocycles. The topological polar surface area (TPSA) is 122 Å². The Balaban J connectivity index is 1.94. The van der Waals surface area contributed by atoms with E-state index in [-0.39, 0.29) is 22.8 Å². The molecule has 1 aromatic heterocycles. The minimum Gasteiger partial charge on any atom is -0.324 e. The average molecular weight is 349 g/mol. The van der Waals surface area contributed by atoms with Crippen LogP contribution < -0.4 is 15.4 Å². The van der Waals surface area contributed by atoms with Gasteiger partial charge in [-0.15, -0.1) is 0 Å². The first-order valence-corrected chi connectivity index (χ1v) is 8.50. The third-order valence-electron chi connectivity index (χ3n) is 3.52. The highest BCUT2D eigenvalue weighted by Gasteiger charge is 2.22. The first-order chi connectivity index (χ1) is 11.2. The maximum absolute atomic E-state index is 12.5. The maximum Gasteiger partial charge on any atom is 0.263 e. The SMILES string of the molecule is Cc1cc(NS(=O)(=O)c2ccc3c(c2)NC(=O)CC(=O)N3)nn1C. The number of nitrogens with zero attached hydrogens (tertiary/aromatic N) is 2. The number of anilines is 3. The van der Waals surface area contributed by atoms with Crippen LogP contribution in [-0.4, -0.2) is 30.0 Å². The van der Waals surface area contributed by atoms with Crippen LogP contribution in [0.3, 0.4) is 0 Å². The van der Waals surface area contributed by atoms with Gasteiger partial charge in [0, 0.05) is 18.8 Å². The Hall–Kier alpha value is -2.88. The predicted octanol–water partition coefficient (Wildman–Crippen LogP) is 0.810. The normalized spacial score (nSPS) is 14.4. The standard InChI is InChI=1S/C14H15N5O4S/c1-8-5-12(17-19(8)2)18-24(22,23)9-3-4-10-11(6-9)16-14(21)7-13(20)15-10/h3-6H,7H2,1-2H3,(H,15,20)(H,16,21)(H,17,18). The average Bonchev–Trinajstić information content (AvgIpc) is 2.69. The number of carbonyl (C=O) groups excluding carboxylic acids is 2. The molecule has 2 heterocycles. The van der Waals surface area contributed by atoms with Crippen LogP contribution >= 0.6 is 0 Å². The second kappa shape index (κ2) is 5.64. The summed E-state index contributed by atoms with van der Waals surface area (Å²) in [5.41, 5.74) is 1.37. The number of nitrogens with one attached hydrogen (secondary N) is 3. The number of carbonyl (C=O) groups is 2. The fourth-order valence-corrected chi connectivity index (χ4v) is 3.26. The zero-order valence-electron chi connectivity index (χ0n) is 13.0. The highest BCUT2D eigenvalue weighted by molar-refractivity contribution is 7.92. The molecule has 3 rings (SSSR count). The van der Waals surface area contributed by atoms with Gasteiger partial charge in [0.05, 0.1) is 16.3 Å². The van der Waals surface area contributed by atoms with Crippen molar-refractivity contribution in [3.05, 3.63) is 30.0 Å². The molecular formula is C14H15N5O4S. The molecule has 3 N–H and O–H groups in total. The molecule has 9 nitrogen and oxygen atoms in total. The van der Waals surface area contributed by atoms with Crippen molar-refractivity contribution in [2.45, 2.75) is 18.2 Å². The lowest BCUT2D eigenvalue weighted by molar-refractivity contribution is -0.123. The lowest BCUT2D eigenvalue weighted by Crippen LogP contribution is -2.16. The molecule has 2 aromatic rings. The lowest BCUT2D eigenvalue weighted by Gasteiger charge is -2.10. The number of sulfonamides is 1. The van der Waals surface area contributed by atoms with Crippen molar-refractivity contribution >= 4 is 39.0 Å². The number of benzene rings is 1. The molecule has 24 heavy (non-hydrogen) atoms. The van der Waals surface area contributed by atoms with Gasteiger partial charge in [0.1, 0.15) is 6.42 Å². The van der Waals surface area contributed by atoms with Crippen molar-refractivity contribution in [1.82, 2.24) is 9.78 Å². The fraction of sp³-hybridized carbons (Fsp3) is 0.214. The number of aryl methyl sites for hydroxylation is 2. The fourth-order valence-electron chi connectivity index (χ4n) is 2.24. The maximum atomic E-state index is 12.5. The Bertz CT molecular complexity index is 929. The van der Waals surface area contributed by atoms with Crippen molar-refractivity contribution in [1.29, 1.82) is 0 Å². The summed E-state index contributed by atoms with van der Waals surface area (Å²) >= 11 is 0. The van der Waals surface area contributed by atoms with E-state index in [0.717, 1.165) is 5.69 Å². The second-order valence-corrected chi connectivity index (χ2v) is 7.06. The quantitative estimate of drug-likeness (QED) is 0.708. The summed E-state index contributed by atoms with van der Waals surface area (Å²) in [6.07, 6.45) is -0.317. The molecule has 0 spiro atoms. The van der Waals surface area contributed by atoms with E-state index in [1.165, 1.54) is 18.2 Å². The summed E-state index contributed by atoms with van der Waals surface area (Å²) in [6, 6.07) is 5.66. The van der Waals surface area contributed by atoms with Crippen LogP contribution in [0.4, 0.5) is 17.2 Å². The van der Waals surface area contributed by atoms with E-state index in [9.17, 15) is 18.0 Å². The summed E-state index contributed by atoms with van der Waals surface area (Å²) in [5.74, 6) is -0.764. The van der Waals surface area contributed by atoms with E-state index >= 15 is 0 Å². The molecule has 0 saturated heterocycles. The molecule has 1 aliphatic rings. The summed E-state index contributed by atoms with van der Waals surface area (Å²) in [5, 5.41) is 9.09. The summed E-state index contributed by atoms with van der Waals surface area (Å²) in [4.78, 5) is 23.0.